The van der Waals surface area contributed by atoms with E-state index in [-0.39, 0.29) is 11.9 Å². The van der Waals surface area contributed by atoms with Crippen LogP contribution in [-0.4, -0.2) is 11.4 Å². The summed E-state index contributed by atoms with van der Waals surface area (Å²) in [6, 6.07) is 16.0. The molecule has 1 fully saturated rings. The number of hydrogen-bond acceptors (Lipinski definition) is 2. The van der Waals surface area contributed by atoms with Crippen molar-refractivity contribution in [3.63, 3.8) is 0 Å². The van der Waals surface area contributed by atoms with Crippen LogP contribution in [0.4, 0.5) is 0 Å². The minimum Gasteiger partial charge on any atom is -0.352 e. The van der Waals surface area contributed by atoms with Crippen molar-refractivity contribution in [2.45, 2.75) is 25.0 Å². The maximum Gasteiger partial charge on any atom is 0.198 e. The first-order chi connectivity index (χ1) is 9.22. The number of hydrogen-bond donors (Lipinski definition) is 0. The van der Waals surface area contributed by atoms with E-state index in [9.17, 15) is 4.79 Å². The Morgan fingerprint density at radius 3 is 2.63 bits per heavy atom. The Bertz CT molecular complexity index is 689. The minimum absolute atomic E-state index is 0.0754. The predicted octanol–water partition coefficient (Wildman–Crippen LogP) is 3.24. The summed E-state index contributed by atoms with van der Waals surface area (Å²) >= 11 is 0. The van der Waals surface area contributed by atoms with E-state index in [1.54, 1.807) is 0 Å². The number of carbonyl (C=O) groups is 1. The number of aryl methyl sites for hydroxylation is 1. The van der Waals surface area contributed by atoms with Crippen molar-refractivity contribution in [3.8, 4) is 0 Å². The van der Waals surface area contributed by atoms with Crippen molar-refractivity contribution in [1.82, 2.24) is 0 Å². The first-order valence-corrected chi connectivity index (χ1v) is 6.58. The molecule has 2 aliphatic rings. The van der Waals surface area contributed by atoms with Gasteiger partial charge in [0.15, 0.2) is 11.4 Å². The third kappa shape index (κ3) is 1.38. The Balaban J connectivity index is 1.74. The average molecular weight is 250 g/mol. The Morgan fingerprint density at radius 1 is 1.11 bits per heavy atom. The molecule has 0 radical (unpaired) electrons. The van der Waals surface area contributed by atoms with Crippen molar-refractivity contribution >= 4 is 5.78 Å². The van der Waals surface area contributed by atoms with Crippen LogP contribution in [0.3, 0.4) is 0 Å². The fraction of sp³-hybridized carbons (Fsp3) is 0.235. The summed E-state index contributed by atoms with van der Waals surface area (Å²) < 4.78 is 5.88. The van der Waals surface area contributed by atoms with Crippen molar-refractivity contribution < 1.29 is 9.53 Å². The Labute approximate surface area is 112 Å². The molecule has 2 nitrogen and oxygen atoms in total. The van der Waals surface area contributed by atoms with Gasteiger partial charge in [-0.15, -0.1) is 0 Å². The number of carbonyl (C=O) groups excluding carboxylic acids is 1. The third-order valence-corrected chi connectivity index (χ3v) is 4.26. The summed E-state index contributed by atoms with van der Waals surface area (Å²) in [5.74, 6) is 0.149. The quantitative estimate of drug-likeness (QED) is 0.727. The highest BCUT2D eigenvalue weighted by Gasteiger charge is 2.66. The highest BCUT2D eigenvalue weighted by Crippen LogP contribution is 2.57. The van der Waals surface area contributed by atoms with Gasteiger partial charge < -0.3 is 4.74 Å². The molecule has 0 aromatic heterocycles. The zero-order valence-electron chi connectivity index (χ0n) is 10.7. The summed E-state index contributed by atoms with van der Waals surface area (Å²) in [7, 11) is 0. The normalized spacial score (nSPS) is 27.6. The van der Waals surface area contributed by atoms with E-state index in [4.69, 9.17) is 4.74 Å². The summed E-state index contributed by atoms with van der Waals surface area (Å²) in [6.45, 7) is 2.07. The van der Waals surface area contributed by atoms with Crippen molar-refractivity contribution in [1.29, 1.82) is 0 Å². The molecule has 0 N–H and O–H groups in total. The van der Waals surface area contributed by atoms with E-state index in [2.05, 4.69) is 19.1 Å². The number of benzene rings is 2. The monoisotopic (exact) mass is 250 g/mol. The van der Waals surface area contributed by atoms with E-state index in [1.807, 2.05) is 36.4 Å². The zero-order chi connectivity index (χ0) is 13.0. The fourth-order valence-electron chi connectivity index (χ4n) is 3.17. The molecule has 2 aromatic carbocycles. The smallest absolute Gasteiger partial charge is 0.198 e. The first-order valence-electron chi connectivity index (χ1n) is 6.58. The predicted molar refractivity (Wildman–Crippen MR) is 72.2 cm³/mol. The van der Waals surface area contributed by atoms with Crippen LogP contribution in [0.15, 0.2) is 48.5 Å². The second kappa shape index (κ2) is 3.55. The van der Waals surface area contributed by atoms with Gasteiger partial charge in [-0.05, 0) is 23.6 Å². The molecule has 1 aliphatic carbocycles. The first kappa shape index (κ1) is 10.9. The van der Waals surface area contributed by atoms with Crippen LogP contribution < -0.4 is 0 Å². The molecule has 1 heterocycles. The van der Waals surface area contributed by atoms with Gasteiger partial charge in [-0.25, -0.2) is 0 Å². The molecule has 19 heavy (non-hydrogen) atoms. The lowest BCUT2D eigenvalue weighted by Gasteiger charge is -2.04. The van der Waals surface area contributed by atoms with Gasteiger partial charge in [0.05, 0.1) is 0 Å². The molecule has 0 saturated carbocycles. The molecular weight excluding hydrogens is 236 g/mol. The Hall–Kier alpha value is -1.93. The molecule has 94 valence electrons. The van der Waals surface area contributed by atoms with E-state index < -0.39 is 5.60 Å². The van der Waals surface area contributed by atoms with Gasteiger partial charge in [-0.3, -0.25) is 4.79 Å². The molecule has 0 bridgehead atoms. The number of Topliss-reactive ketones (excluding diaryl/α,β-unsaturated/α-hetero) is 1. The van der Waals surface area contributed by atoms with Gasteiger partial charge in [-0.2, -0.15) is 0 Å². The highest BCUT2D eigenvalue weighted by molar-refractivity contribution is 6.09. The number of fused-ring (bicyclic) bond motifs is 1. The number of rotatable bonds is 1. The molecule has 4 rings (SSSR count). The van der Waals surface area contributed by atoms with Crippen LogP contribution in [-0.2, 0) is 11.2 Å². The molecule has 2 atom stereocenters. The summed E-state index contributed by atoms with van der Waals surface area (Å²) in [4.78, 5) is 12.6. The van der Waals surface area contributed by atoms with E-state index >= 15 is 0 Å². The topological polar surface area (TPSA) is 29.6 Å². The van der Waals surface area contributed by atoms with Crippen LogP contribution in [0.5, 0.6) is 0 Å². The second-order valence-corrected chi connectivity index (χ2v) is 5.41. The van der Waals surface area contributed by atoms with Gasteiger partial charge >= 0.3 is 0 Å². The molecule has 2 heteroatoms. The van der Waals surface area contributed by atoms with Gasteiger partial charge in [0.25, 0.3) is 0 Å². The largest absolute Gasteiger partial charge is 0.352 e. The zero-order valence-corrected chi connectivity index (χ0v) is 10.7. The van der Waals surface area contributed by atoms with Gasteiger partial charge in [0, 0.05) is 12.0 Å². The number of ether oxygens (including phenoxy) is 1. The number of epoxide rings is 1. The highest BCUT2D eigenvalue weighted by atomic mass is 16.6. The van der Waals surface area contributed by atoms with Gasteiger partial charge in [0.1, 0.15) is 6.10 Å². The molecule has 0 amide bonds. The van der Waals surface area contributed by atoms with Crippen molar-refractivity contribution in [2.24, 2.45) is 0 Å². The van der Waals surface area contributed by atoms with Crippen LogP contribution >= 0.6 is 0 Å². The molecular formula is C17H14O2. The minimum atomic E-state index is -0.615. The van der Waals surface area contributed by atoms with Crippen LogP contribution in [0.2, 0.25) is 0 Å². The van der Waals surface area contributed by atoms with E-state index in [1.165, 1.54) is 5.56 Å². The molecule has 1 saturated heterocycles. The fourth-order valence-corrected chi connectivity index (χ4v) is 3.17. The lowest BCUT2D eigenvalue weighted by Crippen LogP contribution is -2.20. The summed E-state index contributed by atoms with van der Waals surface area (Å²) in [5.41, 5.74) is 3.66. The lowest BCUT2D eigenvalue weighted by molar-refractivity contribution is 0.0894. The lowest BCUT2D eigenvalue weighted by atomic mass is 9.93. The third-order valence-electron chi connectivity index (χ3n) is 4.26. The van der Waals surface area contributed by atoms with Crippen molar-refractivity contribution in [2.75, 3.05) is 0 Å². The molecule has 1 spiro atoms. The number of ketones is 1. The molecule has 0 unspecified atom stereocenters. The Morgan fingerprint density at radius 2 is 1.84 bits per heavy atom. The van der Waals surface area contributed by atoms with Crippen LogP contribution in [0, 0.1) is 6.92 Å². The van der Waals surface area contributed by atoms with E-state index in [0.29, 0.717) is 6.42 Å². The van der Waals surface area contributed by atoms with Crippen molar-refractivity contribution in [3.05, 3.63) is 70.8 Å². The van der Waals surface area contributed by atoms with Gasteiger partial charge in [-0.1, -0.05) is 48.5 Å². The standard InChI is InChI=1S/C17H14O2/c1-11-6-2-4-8-13(11)16-17(19-16)10-12-7-3-5-9-14(12)15(17)18/h2-9,16H,10H2,1H3/t16-,17-/m0/s1. The molecule has 2 aromatic rings. The second-order valence-electron chi connectivity index (χ2n) is 5.41. The maximum absolute atomic E-state index is 12.6. The van der Waals surface area contributed by atoms with Crippen LogP contribution in [0.1, 0.15) is 33.2 Å². The summed E-state index contributed by atoms with van der Waals surface area (Å²) in [5, 5.41) is 0. The SMILES string of the molecule is Cc1ccccc1[C@@H]1O[C@]12Cc1ccccc1C2=O. The summed E-state index contributed by atoms with van der Waals surface area (Å²) in [6.07, 6.45) is 0.634. The average Bonchev–Trinajstić information content (AvgIpc) is 3.06. The van der Waals surface area contributed by atoms with E-state index in [0.717, 1.165) is 16.7 Å². The van der Waals surface area contributed by atoms with Crippen LogP contribution in [0.25, 0.3) is 0 Å². The Kier molecular flexibility index (Phi) is 2.04. The molecule has 1 aliphatic heterocycles. The maximum atomic E-state index is 12.6. The van der Waals surface area contributed by atoms with Gasteiger partial charge in [0.2, 0.25) is 0 Å².